The van der Waals surface area contributed by atoms with Crippen LogP contribution < -0.4 is 10.6 Å². The summed E-state index contributed by atoms with van der Waals surface area (Å²) in [4.78, 5) is 16.9. The summed E-state index contributed by atoms with van der Waals surface area (Å²) in [6, 6.07) is 18.5. The number of hydrogen-bond acceptors (Lipinski definition) is 3. The van der Waals surface area contributed by atoms with E-state index >= 15 is 0 Å². The van der Waals surface area contributed by atoms with Gasteiger partial charge < -0.3 is 10.6 Å². The Balaban J connectivity index is 1.45. The van der Waals surface area contributed by atoms with Gasteiger partial charge in [-0.15, -0.1) is 0 Å². The molecular weight excluding hydrogens is 322 g/mol. The number of aromatic nitrogens is 1. The summed E-state index contributed by atoms with van der Waals surface area (Å²) in [6.07, 6.45) is 5.27. The summed E-state index contributed by atoms with van der Waals surface area (Å²) in [5.74, 6) is -0.0135. The van der Waals surface area contributed by atoms with Crippen LogP contribution in [0.15, 0.2) is 60.8 Å². The molecule has 1 amide bonds. The number of carbonyl (C=O) groups is 1. The zero-order valence-electron chi connectivity index (χ0n) is 14.7. The fraction of sp³-hybridized carbons (Fsp3) is 0.273. The van der Waals surface area contributed by atoms with E-state index in [1.165, 1.54) is 18.2 Å². The summed E-state index contributed by atoms with van der Waals surface area (Å²) < 4.78 is 0. The highest BCUT2D eigenvalue weighted by molar-refractivity contribution is 5.97. The highest BCUT2D eigenvalue weighted by Crippen LogP contribution is 2.26. The molecule has 1 aliphatic rings. The predicted molar refractivity (Wildman–Crippen MR) is 105 cm³/mol. The predicted octanol–water partition coefficient (Wildman–Crippen LogP) is 3.77. The molecule has 26 heavy (non-hydrogen) atoms. The summed E-state index contributed by atoms with van der Waals surface area (Å²) in [6.45, 7) is 1.81. The summed E-state index contributed by atoms with van der Waals surface area (Å²) in [5.41, 5.74) is 2.66. The van der Waals surface area contributed by atoms with Crippen molar-refractivity contribution in [1.29, 1.82) is 0 Å². The number of carbonyl (C=O) groups excluding carboxylic acids is 1. The maximum atomic E-state index is 12.3. The van der Waals surface area contributed by atoms with Gasteiger partial charge in [0.05, 0.1) is 5.69 Å². The molecule has 1 aromatic heterocycles. The van der Waals surface area contributed by atoms with Gasteiger partial charge in [0, 0.05) is 35.3 Å². The van der Waals surface area contributed by atoms with Crippen LogP contribution in [0.25, 0.3) is 22.0 Å². The van der Waals surface area contributed by atoms with Gasteiger partial charge in [-0.05, 0) is 49.4 Å². The van der Waals surface area contributed by atoms with Crippen LogP contribution in [0.4, 0.5) is 0 Å². The van der Waals surface area contributed by atoms with E-state index in [0.717, 1.165) is 29.6 Å². The minimum absolute atomic E-state index is 0.0135. The van der Waals surface area contributed by atoms with E-state index in [0.29, 0.717) is 18.2 Å². The van der Waals surface area contributed by atoms with Gasteiger partial charge >= 0.3 is 0 Å². The number of amides is 1. The molecule has 132 valence electrons. The Hall–Kier alpha value is -2.72. The summed E-state index contributed by atoms with van der Waals surface area (Å²) in [5, 5.41) is 8.76. The van der Waals surface area contributed by atoms with Gasteiger partial charge in [0.15, 0.2) is 0 Å². The van der Waals surface area contributed by atoms with Gasteiger partial charge in [0.1, 0.15) is 0 Å². The molecule has 1 saturated heterocycles. The lowest BCUT2D eigenvalue weighted by Gasteiger charge is -2.11. The smallest absolute Gasteiger partial charge is 0.251 e. The normalized spacial score (nSPS) is 16.7. The summed E-state index contributed by atoms with van der Waals surface area (Å²) in [7, 11) is 0. The second-order valence-electron chi connectivity index (χ2n) is 6.80. The van der Waals surface area contributed by atoms with Crippen molar-refractivity contribution in [2.24, 2.45) is 0 Å². The first-order chi connectivity index (χ1) is 12.8. The van der Waals surface area contributed by atoms with Crippen molar-refractivity contribution < 1.29 is 4.79 Å². The second kappa shape index (κ2) is 7.67. The number of pyridine rings is 1. The molecule has 1 fully saturated rings. The zero-order chi connectivity index (χ0) is 17.8. The molecule has 2 N–H and O–H groups in total. The molecule has 1 atom stereocenters. The van der Waals surface area contributed by atoms with E-state index in [9.17, 15) is 4.79 Å². The molecule has 0 radical (unpaired) electrons. The molecule has 0 bridgehead atoms. The van der Waals surface area contributed by atoms with E-state index in [1.54, 1.807) is 0 Å². The lowest BCUT2D eigenvalue weighted by atomic mass is 10.0. The molecule has 4 rings (SSSR count). The first kappa shape index (κ1) is 16.7. The van der Waals surface area contributed by atoms with Crippen molar-refractivity contribution in [3.8, 4) is 11.3 Å². The van der Waals surface area contributed by atoms with E-state index in [-0.39, 0.29) is 5.91 Å². The zero-order valence-corrected chi connectivity index (χ0v) is 14.7. The van der Waals surface area contributed by atoms with Crippen LogP contribution in [0, 0.1) is 0 Å². The first-order valence-electron chi connectivity index (χ1n) is 9.27. The van der Waals surface area contributed by atoms with Crippen LogP contribution >= 0.6 is 0 Å². The van der Waals surface area contributed by atoms with E-state index < -0.39 is 0 Å². The topological polar surface area (TPSA) is 54.0 Å². The van der Waals surface area contributed by atoms with Crippen LogP contribution in [-0.4, -0.2) is 30.0 Å². The number of fused-ring (bicyclic) bond motifs is 1. The fourth-order valence-electron chi connectivity index (χ4n) is 3.59. The Morgan fingerprint density at radius 2 is 1.96 bits per heavy atom. The minimum atomic E-state index is -0.0135. The van der Waals surface area contributed by atoms with Crippen molar-refractivity contribution in [2.75, 3.05) is 13.1 Å². The average molecular weight is 345 g/mol. The Labute approximate surface area is 153 Å². The van der Waals surface area contributed by atoms with Crippen molar-refractivity contribution in [2.45, 2.75) is 25.3 Å². The van der Waals surface area contributed by atoms with Crippen LogP contribution in [-0.2, 0) is 0 Å². The monoisotopic (exact) mass is 345 g/mol. The van der Waals surface area contributed by atoms with Gasteiger partial charge in [-0.2, -0.15) is 0 Å². The Morgan fingerprint density at radius 3 is 2.77 bits per heavy atom. The molecule has 3 aromatic rings. The van der Waals surface area contributed by atoms with Crippen molar-refractivity contribution in [3.05, 3.63) is 66.4 Å². The third-order valence-electron chi connectivity index (χ3n) is 5.03. The van der Waals surface area contributed by atoms with E-state index in [2.05, 4.69) is 27.8 Å². The first-order valence-corrected chi connectivity index (χ1v) is 9.27. The standard InChI is InChI=1S/C22H23N3O/c26-22(25-15-12-19-5-3-13-23-19)18-9-7-17(8-10-18)21-20-6-2-1-4-16(20)11-14-24-21/h1-2,4,6-11,14,19,23H,3,5,12-13,15H2,(H,25,26)/t19-/m1/s1. The molecular formula is C22H23N3O. The average Bonchev–Trinajstić information content (AvgIpc) is 3.21. The molecule has 0 unspecified atom stereocenters. The summed E-state index contributed by atoms with van der Waals surface area (Å²) >= 11 is 0. The van der Waals surface area contributed by atoms with Gasteiger partial charge in [0.2, 0.25) is 0 Å². The number of nitrogens with one attached hydrogen (secondary N) is 2. The highest BCUT2D eigenvalue weighted by Gasteiger charge is 2.14. The van der Waals surface area contributed by atoms with Gasteiger partial charge in [-0.25, -0.2) is 0 Å². The van der Waals surface area contributed by atoms with Crippen LogP contribution in [0.2, 0.25) is 0 Å². The molecule has 0 aliphatic carbocycles. The number of nitrogens with zero attached hydrogens (tertiary/aromatic N) is 1. The third kappa shape index (κ3) is 3.60. The maximum absolute atomic E-state index is 12.3. The minimum Gasteiger partial charge on any atom is -0.352 e. The van der Waals surface area contributed by atoms with E-state index in [4.69, 9.17) is 0 Å². The fourth-order valence-corrected chi connectivity index (χ4v) is 3.59. The van der Waals surface area contributed by atoms with Gasteiger partial charge in [-0.3, -0.25) is 9.78 Å². The van der Waals surface area contributed by atoms with Crippen molar-refractivity contribution in [1.82, 2.24) is 15.6 Å². The second-order valence-corrected chi connectivity index (χ2v) is 6.80. The largest absolute Gasteiger partial charge is 0.352 e. The van der Waals surface area contributed by atoms with Crippen LogP contribution in [0.3, 0.4) is 0 Å². The van der Waals surface area contributed by atoms with E-state index in [1.807, 2.05) is 48.7 Å². The molecule has 0 spiro atoms. The SMILES string of the molecule is O=C(NCC[C@H]1CCCN1)c1ccc(-c2nccc3ccccc23)cc1. The molecule has 2 aromatic carbocycles. The van der Waals surface area contributed by atoms with Crippen molar-refractivity contribution >= 4 is 16.7 Å². The van der Waals surface area contributed by atoms with Gasteiger partial charge in [-0.1, -0.05) is 36.4 Å². The molecule has 4 heteroatoms. The molecule has 4 nitrogen and oxygen atoms in total. The number of hydrogen-bond donors (Lipinski definition) is 2. The quantitative estimate of drug-likeness (QED) is 0.740. The van der Waals surface area contributed by atoms with Crippen LogP contribution in [0.1, 0.15) is 29.6 Å². The lowest BCUT2D eigenvalue weighted by molar-refractivity contribution is 0.0952. The Bertz CT molecular complexity index is 893. The van der Waals surface area contributed by atoms with Crippen LogP contribution in [0.5, 0.6) is 0 Å². The lowest BCUT2D eigenvalue weighted by Crippen LogP contribution is -2.30. The molecule has 2 heterocycles. The highest BCUT2D eigenvalue weighted by atomic mass is 16.1. The number of rotatable bonds is 5. The number of benzene rings is 2. The molecule has 1 aliphatic heterocycles. The van der Waals surface area contributed by atoms with Gasteiger partial charge in [0.25, 0.3) is 5.91 Å². The Kier molecular flexibility index (Phi) is 4.93. The molecule has 0 saturated carbocycles. The maximum Gasteiger partial charge on any atom is 0.251 e. The third-order valence-corrected chi connectivity index (χ3v) is 5.03. The Morgan fingerprint density at radius 1 is 1.12 bits per heavy atom. The van der Waals surface area contributed by atoms with Crippen molar-refractivity contribution in [3.63, 3.8) is 0 Å².